The summed E-state index contributed by atoms with van der Waals surface area (Å²) in [5, 5.41) is 8.78. The summed E-state index contributed by atoms with van der Waals surface area (Å²) in [5.74, 6) is 1.29. The van der Waals surface area contributed by atoms with Crippen LogP contribution in [0.15, 0.2) is 18.2 Å². The fourth-order valence-corrected chi connectivity index (χ4v) is 3.15. The van der Waals surface area contributed by atoms with Crippen LogP contribution in [0.1, 0.15) is 56.1 Å². The zero-order valence-electron chi connectivity index (χ0n) is 13.8. The number of likely N-dealkylation sites (tertiary alicyclic amines) is 1. The summed E-state index contributed by atoms with van der Waals surface area (Å²) >= 11 is 0. The number of carbonyl (C=O) groups is 1. The molecule has 1 fully saturated rings. The quantitative estimate of drug-likeness (QED) is 0.874. The van der Waals surface area contributed by atoms with Gasteiger partial charge >= 0.3 is 5.97 Å². The molecule has 22 heavy (non-hydrogen) atoms. The van der Waals surface area contributed by atoms with Crippen LogP contribution in [0, 0.1) is 0 Å². The van der Waals surface area contributed by atoms with Gasteiger partial charge in [-0.15, -0.1) is 0 Å². The van der Waals surface area contributed by atoms with Crippen LogP contribution >= 0.6 is 0 Å². The first kappa shape index (κ1) is 16.8. The number of carboxylic acids is 1. The van der Waals surface area contributed by atoms with E-state index < -0.39 is 5.97 Å². The average molecular weight is 305 g/mol. The molecule has 0 aliphatic carbocycles. The summed E-state index contributed by atoms with van der Waals surface area (Å²) in [4.78, 5) is 12.9. The molecule has 4 nitrogen and oxygen atoms in total. The van der Waals surface area contributed by atoms with Gasteiger partial charge in [0.15, 0.2) is 0 Å². The van der Waals surface area contributed by atoms with Gasteiger partial charge in [0.05, 0.1) is 13.5 Å². The normalized spacial score (nSPS) is 16.9. The Hall–Kier alpha value is -1.55. The lowest BCUT2D eigenvalue weighted by molar-refractivity contribution is -0.137. The number of ether oxygens (including phenoxy) is 1. The number of benzene rings is 1. The molecule has 122 valence electrons. The maximum Gasteiger partial charge on any atom is 0.304 e. The van der Waals surface area contributed by atoms with Gasteiger partial charge in [-0.2, -0.15) is 0 Å². The molecule has 2 rings (SSSR count). The number of piperidine rings is 1. The van der Waals surface area contributed by atoms with E-state index in [0.717, 1.165) is 31.7 Å². The van der Waals surface area contributed by atoms with Gasteiger partial charge in [-0.3, -0.25) is 4.79 Å². The first-order chi connectivity index (χ1) is 10.5. The molecule has 4 heteroatoms. The summed E-state index contributed by atoms with van der Waals surface area (Å²) in [6.07, 6.45) is 2.37. The lowest BCUT2D eigenvalue weighted by Crippen LogP contribution is -2.34. The standard InChI is InChI=1S/C18H27NO3/c1-13(2)15-4-5-17(22-3)16(12-15)14-6-9-19(10-7-14)11-8-18(20)21/h4-5,12-14H,6-11H2,1-3H3,(H,20,21). The second-order valence-corrected chi connectivity index (χ2v) is 6.42. The molecule has 0 aromatic heterocycles. The Labute approximate surface area is 133 Å². The molecule has 0 saturated carbocycles. The third kappa shape index (κ3) is 4.23. The van der Waals surface area contributed by atoms with Crippen molar-refractivity contribution >= 4 is 5.97 Å². The van der Waals surface area contributed by atoms with Crippen molar-refractivity contribution in [1.82, 2.24) is 4.90 Å². The monoisotopic (exact) mass is 305 g/mol. The van der Waals surface area contributed by atoms with Crippen LogP contribution in [0.2, 0.25) is 0 Å². The van der Waals surface area contributed by atoms with Crippen molar-refractivity contribution < 1.29 is 14.6 Å². The highest BCUT2D eigenvalue weighted by molar-refractivity contribution is 5.66. The molecule has 1 aromatic rings. The van der Waals surface area contributed by atoms with Crippen molar-refractivity contribution in [3.8, 4) is 5.75 Å². The molecule has 0 amide bonds. The van der Waals surface area contributed by atoms with Crippen molar-refractivity contribution in [2.75, 3.05) is 26.7 Å². The van der Waals surface area contributed by atoms with Gasteiger partial charge in [-0.1, -0.05) is 26.0 Å². The second kappa shape index (κ2) is 7.63. The minimum absolute atomic E-state index is 0.233. The van der Waals surface area contributed by atoms with Crippen LogP contribution < -0.4 is 4.74 Å². The lowest BCUT2D eigenvalue weighted by Gasteiger charge is -2.32. The third-order valence-electron chi connectivity index (χ3n) is 4.59. The van der Waals surface area contributed by atoms with Crippen molar-refractivity contribution in [2.24, 2.45) is 0 Å². The van der Waals surface area contributed by atoms with E-state index in [1.807, 2.05) is 0 Å². The molecule has 1 aliphatic rings. The highest BCUT2D eigenvalue weighted by atomic mass is 16.5. The summed E-state index contributed by atoms with van der Waals surface area (Å²) in [5.41, 5.74) is 2.66. The molecule has 0 unspecified atom stereocenters. The summed E-state index contributed by atoms with van der Waals surface area (Å²) < 4.78 is 5.55. The highest BCUT2D eigenvalue weighted by Gasteiger charge is 2.23. The van der Waals surface area contributed by atoms with Crippen molar-refractivity contribution in [2.45, 2.75) is 44.9 Å². The summed E-state index contributed by atoms with van der Waals surface area (Å²) in [7, 11) is 1.73. The predicted molar refractivity (Wildman–Crippen MR) is 87.8 cm³/mol. The maximum absolute atomic E-state index is 10.7. The van der Waals surface area contributed by atoms with Crippen LogP contribution in [-0.2, 0) is 4.79 Å². The molecular weight excluding hydrogens is 278 g/mol. The Morgan fingerprint density at radius 1 is 1.36 bits per heavy atom. The molecule has 1 N–H and O–H groups in total. The fraction of sp³-hybridized carbons (Fsp3) is 0.611. The molecule has 0 radical (unpaired) electrons. The minimum Gasteiger partial charge on any atom is -0.496 e. The van der Waals surface area contributed by atoms with Gasteiger partial charge in [-0.05, 0) is 55.0 Å². The largest absolute Gasteiger partial charge is 0.496 e. The van der Waals surface area contributed by atoms with E-state index in [-0.39, 0.29) is 6.42 Å². The van der Waals surface area contributed by atoms with Crippen LogP contribution in [0.3, 0.4) is 0 Å². The number of hydrogen-bond acceptors (Lipinski definition) is 3. The van der Waals surface area contributed by atoms with Gasteiger partial charge in [0.25, 0.3) is 0 Å². The molecule has 0 atom stereocenters. The predicted octanol–water partition coefficient (Wildman–Crippen LogP) is 3.47. The zero-order chi connectivity index (χ0) is 16.1. The molecule has 1 aliphatic heterocycles. The minimum atomic E-state index is -0.714. The topological polar surface area (TPSA) is 49.8 Å². The van der Waals surface area contributed by atoms with Gasteiger partial charge in [0.1, 0.15) is 5.75 Å². The molecule has 0 spiro atoms. The Morgan fingerprint density at radius 2 is 2.05 bits per heavy atom. The number of carboxylic acid groups (broad SMARTS) is 1. The lowest BCUT2D eigenvalue weighted by atomic mass is 9.86. The summed E-state index contributed by atoms with van der Waals surface area (Å²) in [6, 6.07) is 6.53. The first-order valence-corrected chi connectivity index (χ1v) is 8.13. The van der Waals surface area contributed by atoms with E-state index in [1.165, 1.54) is 11.1 Å². The number of hydrogen-bond donors (Lipinski definition) is 1. The van der Waals surface area contributed by atoms with Crippen LogP contribution in [0.25, 0.3) is 0 Å². The van der Waals surface area contributed by atoms with E-state index in [2.05, 4.69) is 36.9 Å². The zero-order valence-corrected chi connectivity index (χ0v) is 13.8. The molecular formula is C18H27NO3. The van der Waals surface area contributed by atoms with Crippen molar-refractivity contribution in [3.05, 3.63) is 29.3 Å². The van der Waals surface area contributed by atoms with E-state index in [4.69, 9.17) is 9.84 Å². The van der Waals surface area contributed by atoms with E-state index in [1.54, 1.807) is 7.11 Å². The fourth-order valence-electron chi connectivity index (χ4n) is 3.15. The molecule has 1 heterocycles. The number of methoxy groups -OCH3 is 1. The Kier molecular flexibility index (Phi) is 5.83. The van der Waals surface area contributed by atoms with Crippen molar-refractivity contribution in [3.63, 3.8) is 0 Å². The van der Waals surface area contributed by atoms with Crippen LogP contribution in [0.4, 0.5) is 0 Å². The number of nitrogens with zero attached hydrogens (tertiary/aromatic N) is 1. The van der Waals surface area contributed by atoms with Crippen molar-refractivity contribution in [1.29, 1.82) is 0 Å². The van der Waals surface area contributed by atoms with E-state index >= 15 is 0 Å². The number of aliphatic carboxylic acids is 1. The first-order valence-electron chi connectivity index (χ1n) is 8.13. The van der Waals surface area contributed by atoms with Gasteiger partial charge in [-0.25, -0.2) is 0 Å². The molecule has 1 aromatic carbocycles. The van der Waals surface area contributed by atoms with Gasteiger partial charge < -0.3 is 14.7 Å². The summed E-state index contributed by atoms with van der Waals surface area (Å²) in [6.45, 7) is 7.01. The smallest absolute Gasteiger partial charge is 0.304 e. The van der Waals surface area contributed by atoms with Crippen LogP contribution in [-0.4, -0.2) is 42.7 Å². The SMILES string of the molecule is COc1ccc(C(C)C)cc1C1CCN(CCC(=O)O)CC1. The number of rotatable bonds is 6. The van der Waals surface area contributed by atoms with E-state index in [9.17, 15) is 4.79 Å². The molecule has 1 saturated heterocycles. The van der Waals surface area contributed by atoms with E-state index in [0.29, 0.717) is 18.4 Å². The molecule has 0 bridgehead atoms. The Morgan fingerprint density at radius 3 is 2.59 bits per heavy atom. The maximum atomic E-state index is 10.7. The Bertz CT molecular complexity index is 505. The van der Waals surface area contributed by atoms with Gasteiger partial charge in [0.2, 0.25) is 0 Å². The Balaban J connectivity index is 2.03. The van der Waals surface area contributed by atoms with Gasteiger partial charge in [0, 0.05) is 6.54 Å². The second-order valence-electron chi connectivity index (χ2n) is 6.42. The highest BCUT2D eigenvalue weighted by Crippen LogP contribution is 2.36. The third-order valence-corrected chi connectivity index (χ3v) is 4.59. The average Bonchev–Trinajstić information content (AvgIpc) is 2.52. The van der Waals surface area contributed by atoms with Crippen LogP contribution in [0.5, 0.6) is 5.75 Å².